The Morgan fingerprint density at radius 3 is 2.35 bits per heavy atom. The van der Waals surface area contributed by atoms with Crippen LogP contribution in [0.1, 0.15) is 5.56 Å². The third-order valence-electron chi connectivity index (χ3n) is 2.90. The second kappa shape index (κ2) is 8.38. The van der Waals surface area contributed by atoms with Gasteiger partial charge in [-0.3, -0.25) is 11.3 Å². The summed E-state index contributed by atoms with van der Waals surface area (Å²) in [5.41, 5.74) is 4.22. The molecule has 1 unspecified atom stereocenters. The number of halogens is 2. The van der Waals surface area contributed by atoms with E-state index in [0.717, 1.165) is 16.6 Å². The van der Waals surface area contributed by atoms with Gasteiger partial charge in [0.2, 0.25) is 0 Å². The average Bonchev–Trinajstić information content (AvgIpc) is 2.47. The topological polar surface area (TPSA) is 38.0 Å². The number of benzene rings is 2. The molecule has 0 spiro atoms. The Hall–Kier alpha value is -0.0800. The number of hydrogen-bond acceptors (Lipinski definition) is 3. The molecule has 0 aliphatic heterocycles. The summed E-state index contributed by atoms with van der Waals surface area (Å²) in [6.45, 7) is 0. The van der Waals surface area contributed by atoms with E-state index in [1.807, 2.05) is 11.8 Å². The van der Waals surface area contributed by atoms with E-state index in [2.05, 4.69) is 92.5 Å². The summed E-state index contributed by atoms with van der Waals surface area (Å²) in [7, 11) is 0. The molecule has 0 fully saturated rings. The second-order valence-corrected chi connectivity index (χ2v) is 7.71. The maximum atomic E-state index is 5.67. The van der Waals surface area contributed by atoms with Gasteiger partial charge in [0.15, 0.2) is 0 Å². The Morgan fingerprint density at radius 2 is 1.75 bits per heavy atom. The van der Waals surface area contributed by atoms with Gasteiger partial charge in [-0.1, -0.05) is 28.1 Å². The standard InChI is InChI=1S/C15H16BrIN2S/c16-12-3-7-15(8-4-12)20-10-14(19-18)9-11-1-5-13(17)6-2-11/h1-8,14,19H,9-10,18H2. The van der Waals surface area contributed by atoms with Crippen LogP contribution in [0.4, 0.5) is 0 Å². The first-order chi connectivity index (χ1) is 9.67. The van der Waals surface area contributed by atoms with Crippen LogP contribution in [0.25, 0.3) is 0 Å². The van der Waals surface area contributed by atoms with Crippen LogP contribution in [0.2, 0.25) is 0 Å². The number of hydrazine groups is 1. The Balaban J connectivity index is 1.88. The van der Waals surface area contributed by atoms with Crippen molar-refractivity contribution < 1.29 is 0 Å². The summed E-state index contributed by atoms with van der Waals surface area (Å²) in [6, 6.07) is 17.2. The average molecular weight is 463 g/mol. The molecular weight excluding hydrogens is 447 g/mol. The van der Waals surface area contributed by atoms with E-state index in [4.69, 9.17) is 5.84 Å². The monoisotopic (exact) mass is 462 g/mol. The van der Waals surface area contributed by atoms with E-state index in [0.29, 0.717) is 0 Å². The van der Waals surface area contributed by atoms with E-state index < -0.39 is 0 Å². The minimum Gasteiger partial charge on any atom is -0.271 e. The van der Waals surface area contributed by atoms with Crippen LogP contribution in [0.15, 0.2) is 57.9 Å². The van der Waals surface area contributed by atoms with Gasteiger partial charge in [0.05, 0.1) is 0 Å². The lowest BCUT2D eigenvalue weighted by atomic mass is 10.1. The Morgan fingerprint density at radius 1 is 1.10 bits per heavy atom. The normalized spacial score (nSPS) is 12.3. The summed E-state index contributed by atoms with van der Waals surface area (Å²) < 4.78 is 2.36. The van der Waals surface area contributed by atoms with E-state index in [1.165, 1.54) is 14.0 Å². The molecule has 5 heteroatoms. The molecule has 2 rings (SSSR count). The highest BCUT2D eigenvalue weighted by Crippen LogP contribution is 2.22. The smallest absolute Gasteiger partial charge is 0.0344 e. The van der Waals surface area contributed by atoms with E-state index in [9.17, 15) is 0 Å². The zero-order valence-corrected chi connectivity index (χ0v) is 15.4. The molecule has 20 heavy (non-hydrogen) atoms. The molecule has 0 saturated carbocycles. The zero-order valence-electron chi connectivity index (χ0n) is 10.9. The first-order valence-corrected chi connectivity index (χ1v) is 9.12. The number of hydrogen-bond donors (Lipinski definition) is 2. The largest absolute Gasteiger partial charge is 0.271 e. The van der Waals surface area contributed by atoms with Gasteiger partial charge in [0.1, 0.15) is 0 Å². The Bertz CT molecular complexity index is 531. The highest BCUT2D eigenvalue weighted by Gasteiger charge is 2.08. The lowest BCUT2D eigenvalue weighted by molar-refractivity contribution is 0.575. The fourth-order valence-electron chi connectivity index (χ4n) is 1.80. The molecule has 0 bridgehead atoms. The predicted molar refractivity (Wildman–Crippen MR) is 98.8 cm³/mol. The summed E-state index contributed by atoms with van der Waals surface area (Å²) in [5, 5.41) is 0. The summed E-state index contributed by atoms with van der Waals surface area (Å²) in [4.78, 5) is 1.26. The van der Waals surface area contributed by atoms with Crippen LogP contribution < -0.4 is 11.3 Å². The molecule has 2 aromatic carbocycles. The van der Waals surface area contributed by atoms with Crippen LogP contribution >= 0.6 is 50.3 Å². The highest BCUT2D eigenvalue weighted by atomic mass is 127. The Kier molecular flexibility index (Phi) is 6.83. The van der Waals surface area contributed by atoms with Crippen molar-refractivity contribution in [2.75, 3.05) is 5.75 Å². The molecule has 2 aromatic rings. The van der Waals surface area contributed by atoms with Gasteiger partial charge in [-0.05, 0) is 71.0 Å². The van der Waals surface area contributed by atoms with Crippen LogP contribution in [-0.2, 0) is 6.42 Å². The quantitative estimate of drug-likeness (QED) is 0.292. The van der Waals surface area contributed by atoms with Gasteiger partial charge >= 0.3 is 0 Å². The molecular formula is C15H16BrIN2S. The predicted octanol–water partition coefficient (Wildman–Crippen LogP) is 4.22. The van der Waals surface area contributed by atoms with Gasteiger partial charge in [-0.15, -0.1) is 11.8 Å². The van der Waals surface area contributed by atoms with Gasteiger partial charge < -0.3 is 0 Å². The van der Waals surface area contributed by atoms with Crippen molar-refractivity contribution in [3.8, 4) is 0 Å². The minimum absolute atomic E-state index is 0.267. The van der Waals surface area contributed by atoms with Crippen LogP contribution in [0.5, 0.6) is 0 Å². The van der Waals surface area contributed by atoms with Crippen molar-refractivity contribution in [3.63, 3.8) is 0 Å². The summed E-state index contributed by atoms with van der Waals surface area (Å²) in [5.74, 6) is 6.61. The molecule has 0 radical (unpaired) electrons. The van der Waals surface area contributed by atoms with Crippen molar-refractivity contribution >= 4 is 50.3 Å². The Labute approximate surface area is 146 Å². The highest BCUT2D eigenvalue weighted by molar-refractivity contribution is 14.1. The fourth-order valence-corrected chi connectivity index (χ4v) is 3.36. The fraction of sp³-hybridized carbons (Fsp3) is 0.200. The number of rotatable bonds is 6. The molecule has 106 valence electrons. The first-order valence-electron chi connectivity index (χ1n) is 6.26. The molecule has 1 atom stereocenters. The number of nitrogens with two attached hydrogens (primary N) is 1. The summed E-state index contributed by atoms with van der Waals surface area (Å²) >= 11 is 7.58. The molecule has 3 N–H and O–H groups in total. The van der Waals surface area contributed by atoms with Gasteiger partial charge in [-0.25, -0.2) is 0 Å². The summed E-state index contributed by atoms with van der Waals surface area (Å²) in [6.07, 6.45) is 0.941. The second-order valence-electron chi connectivity index (χ2n) is 4.46. The minimum atomic E-state index is 0.267. The molecule has 0 amide bonds. The molecule has 0 aliphatic carbocycles. The van der Waals surface area contributed by atoms with E-state index >= 15 is 0 Å². The van der Waals surface area contributed by atoms with Crippen molar-refractivity contribution in [2.24, 2.45) is 5.84 Å². The lowest BCUT2D eigenvalue weighted by Gasteiger charge is -2.15. The maximum absolute atomic E-state index is 5.67. The zero-order chi connectivity index (χ0) is 14.4. The third-order valence-corrected chi connectivity index (χ3v) is 5.32. The van der Waals surface area contributed by atoms with Crippen LogP contribution in [0, 0.1) is 3.57 Å². The SMILES string of the molecule is NNC(CSc1ccc(Br)cc1)Cc1ccc(I)cc1. The van der Waals surface area contributed by atoms with E-state index in [1.54, 1.807) is 0 Å². The lowest BCUT2D eigenvalue weighted by Crippen LogP contribution is -2.38. The number of nitrogens with one attached hydrogen (secondary N) is 1. The van der Waals surface area contributed by atoms with Crippen molar-refractivity contribution in [1.29, 1.82) is 0 Å². The first kappa shape index (κ1) is 16.3. The van der Waals surface area contributed by atoms with Gasteiger partial charge in [0.25, 0.3) is 0 Å². The molecule has 0 saturated heterocycles. The molecule has 0 aliphatic rings. The molecule has 0 aromatic heterocycles. The maximum Gasteiger partial charge on any atom is 0.0344 e. The third kappa shape index (κ3) is 5.37. The van der Waals surface area contributed by atoms with Crippen molar-refractivity contribution in [2.45, 2.75) is 17.4 Å². The van der Waals surface area contributed by atoms with E-state index in [-0.39, 0.29) is 6.04 Å². The van der Waals surface area contributed by atoms with Crippen molar-refractivity contribution in [3.05, 3.63) is 62.1 Å². The van der Waals surface area contributed by atoms with Gasteiger partial charge in [-0.2, -0.15) is 0 Å². The molecule has 0 heterocycles. The van der Waals surface area contributed by atoms with Gasteiger partial charge in [0, 0.05) is 24.7 Å². The van der Waals surface area contributed by atoms with Crippen LogP contribution in [-0.4, -0.2) is 11.8 Å². The van der Waals surface area contributed by atoms with Crippen LogP contribution in [0.3, 0.4) is 0 Å². The van der Waals surface area contributed by atoms with Crippen molar-refractivity contribution in [1.82, 2.24) is 5.43 Å². The molecule has 2 nitrogen and oxygen atoms in total. The number of thioether (sulfide) groups is 1.